The minimum absolute atomic E-state index is 0.0703. The van der Waals surface area contributed by atoms with Gasteiger partial charge in [0.25, 0.3) is 10.0 Å². The Hall–Kier alpha value is -3.85. The number of rotatable bonds is 12. The van der Waals surface area contributed by atoms with E-state index in [-0.39, 0.29) is 23.4 Å². The van der Waals surface area contributed by atoms with E-state index in [1.807, 2.05) is 38.1 Å². The zero-order valence-electron chi connectivity index (χ0n) is 24.7. The van der Waals surface area contributed by atoms with Crippen molar-refractivity contribution in [1.29, 1.82) is 0 Å². The molecule has 0 spiro atoms. The predicted octanol–water partition coefficient (Wildman–Crippen LogP) is 5.46. The van der Waals surface area contributed by atoms with Crippen LogP contribution in [0.5, 0.6) is 5.75 Å². The van der Waals surface area contributed by atoms with Crippen LogP contribution in [0.25, 0.3) is 0 Å². The molecule has 1 atom stereocenters. The molecule has 0 aromatic heterocycles. The Morgan fingerprint density at radius 2 is 1.64 bits per heavy atom. The Kier molecular flexibility index (Phi) is 10.6. The van der Waals surface area contributed by atoms with Crippen molar-refractivity contribution in [3.63, 3.8) is 0 Å². The zero-order chi connectivity index (χ0) is 30.1. The Bertz CT molecular complexity index is 1440. The van der Waals surface area contributed by atoms with E-state index in [0.29, 0.717) is 17.9 Å². The van der Waals surface area contributed by atoms with Crippen molar-refractivity contribution in [2.45, 2.75) is 75.9 Å². The molecule has 8 nitrogen and oxygen atoms in total. The van der Waals surface area contributed by atoms with Gasteiger partial charge in [-0.15, -0.1) is 0 Å². The fraction of sp³-hybridized carbons (Fsp3) is 0.394. The zero-order valence-corrected chi connectivity index (χ0v) is 25.5. The Morgan fingerprint density at radius 3 is 2.26 bits per heavy atom. The minimum Gasteiger partial charge on any atom is -0.497 e. The second-order valence-corrected chi connectivity index (χ2v) is 12.7. The van der Waals surface area contributed by atoms with E-state index in [4.69, 9.17) is 4.74 Å². The van der Waals surface area contributed by atoms with Crippen LogP contribution in [0, 0.1) is 6.92 Å². The molecule has 4 rings (SSSR count). The maximum Gasteiger partial charge on any atom is 0.264 e. The molecule has 1 fully saturated rings. The molecular weight excluding hydrogens is 550 g/mol. The number of nitrogens with zero attached hydrogens (tertiary/aromatic N) is 2. The van der Waals surface area contributed by atoms with E-state index in [9.17, 15) is 18.0 Å². The molecule has 1 aliphatic rings. The van der Waals surface area contributed by atoms with Gasteiger partial charge in [-0.1, -0.05) is 74.2 Å². The highest BCUT2D eigenvalue weighted by Gasteiger charge is 2.34. The van der Waals surface area contributed by atoms with Crippen LogP contribution in [0.2, 0.25) is 0 Å². The molecule has 224 valence electrons. The number of ether oxygens (including phenoxy) is 1. The van der Waals surface area contributed by atoms with Crippen LogP contribution in [0.4, 0.5) is 5.69 Å². The van der Waals surface area contributed by atoms with E-state index in [1.165, 1.54) is 30.6 Å². The predicted molar refractivity (Wildman–Crippen MR) is 165 cm³/mol. The molecule has 0 unspecified atom stereocenters. The lowest BCUT2D eigenvalue weighted by Crippen LogP contribution is -2.54. The maximum absolute atomic E-state index is 14.2. The number of hydrogen-bond acceptors (Lipinski definition) is 5. The molecular formula is C33H41N3O5S. The highest BCUT2D eigenvalue weighted by atomic mass is 32.2. The van der Waals surface area contributed by atoms with Crippen molar-refractivity contribution in [3.05, 3.63) is 90.0 Å². The van der Waals surface area contributed by atoms with Gasteiger partial charge < -0.3 is 15.0 Å². The number of aryl methyl sites for hydroxylation is 1. The van der Waals surface area contributed by atoms with Crippen LogP contribution in [0.15, 0.2) is 83.8 Å². The van der Waals surface area contributed by atoms with Crippen LogP contribution in [0.3, 0.4) is 0 Å². The molecule has 1 aliphatic carbocycles. The molecule has 0 radical (unpaired) electrons. The number of methoxy groups -OCH3 is 1. The number of hydrogen-bond donors (Lipinski definition) is 1. The largest absolute Gasteiger partial charge is 0.497 e. The molecule has 1 saturated carbocycles. The first-order chi connectivity index (χ1) is 20.2. The third kappa shape index (κ3) is 7.70. The summed E-state index contributed by atoms with van der Waals surface area (Å²) >= 11 is 0. The number of anilines is 1. The highest BCUT2D eigenvalue weighted by Crippen LogP contribution is 2.27. The van der Waals surface area contributed by atoms with E-state index in [2.05, 4.69) is 5.32 Å². The SMILES string of the molecule is CC[C@@H](C(=O)NC1CCCCC1)N(Cc1cccc(C)c1)C(=O)CN(c1ccc(OC)cc1)S(=O)(=O)c1ccccc1. The van der Waals surface area contributed by atoms with Gasteiger partial charge in [0.15, 0.2) is 0 Å². The Balaban J connectivity index is 1.70. The summed E-state index contributed by atoms with van der Waals surface area (Å²) in [6.07, 6.45) is 5.55. The molecule has 42 heavy (non-hydrogen) atoms. The number of amides is 2. The second-order valence-electron chi connectivity index (χ2n) is 10.8. The molecule has 1 N–H and O–H groups in total. The summed E-state index contributed by atoms with van der Waals surface area (Å²) in [4.78, 5) is 29.5. The minimum atomic E-state index is -4.11. The third-order valence-electron chi connectivity index (χ3n) is 7.74. The summed E-state index contributed by atoms with van der Waals surface area (Å²) < 4.78 is 34.2. The molecule has 2 amide bonds. The average molecular weight is 592 g/mol. The van der Waals surface area contributed by atoms with Crippen molar-refractivity contribution in [1.82, 2.24) is 10.2 Å². The van der Waals surface area contributed by atoms with Gasteiger partial charge in [-0.2, -0.15) is 0 Å². The van der Waals surface area contributed by atoms with Crippen LogP contribution in [0.1, 0.15) is 56.6 Å². The van der Waals surface area contributed by atoms with E-state index in [0.717, 1.165) is 41.1 Å². The number of carbonyl (C=O) groups excluding carboxylic acids is 2. The van der Waals surface area contributed by atoms with Crippen molar-refractivity contribution < 1.29 is 22.7 Å². The summed E-state index contributed by atoms with van der Waals surface area (Å²) in [6.45, 7) is 3.56. The van der Waals surface area contributed by atoms with Crippen molar-refractivity contribution in [2.75, 3.05) is 18.0 Å². The Morgan fingerprint density at radius 1 is 0.952 bits per heavy atom. The van der Waals surface area contributed by atoms with Gasteiger partial charge >= 0.3 is 0 Å². The maximum atomic E-state index is 14.2. The summed E-state index contributed by atoms with van der Waals surface area (Å²) in [5.74, 6) is -0.0987. The van der Waals surface area contributed by atoms with Gasteiger partial charge in [-0.3, -0.25) is 13.9 Å². The fourth-order valence-corrected chi connectivity index (χ4v) is 6.90. The van der Waals surface area contributed by atoms with Crippen molar-refractivity contribution in [2.24, 2.45) is 0 Å². The van der Waals surface area contributed by atoms with E-state index in [1.54, 1.807) is 42.5 Å². The molecule has 9 heteroatoms. The first kappa shape index (κ1) is 31.1. The monoisotopic (exact) mass is 591 g/mol. The summed E-state index contributed by atoms with van der Waals surface area (Å²) in [7, 11) is -2.58. The first-order valence-corrected chi connectivity index (χ1v) is 16.0. The van der Waals surface area contributed by atoms with Gasteiger partial charge in [-0.05, 0) is 68.1 Å². The number of nitrogens with one attached hydrogen (secondary N) is 1. The van der Waals surface area contributed by atoms with E-state index < -0.39 is 28.5 Å². The molecule has 0 saturated heterocycles. The van der Waals surface area contributed by atoms with Crippen molar-refractivity contribution in [3.8, 4) is 5.75 Å². The van der Waals surface area contributed by atoms with Gasteiger partial charge in [0.2, 0.25) is 11.8 Å². The van der Waals surface area contributed by atoms with Crippen LogP contribution < -0.4 is 14.4 Å². The quantitative estimate of drug-likeness (QED) is 0.302. The van der Waals surface area contributed by atoms with Gasteiger partial charge in [0.05, 0.1) is 17.7 Å². The van der Waals surface area contributed by atoms with Crippen LogP contribution in [-0.4, -0.2) is 50.9 Å². The average Bonchev–Trinajstić information content (AvgIpc) is 3.00. The Labute approximate surface area is 249 Å². The summed E-state index contributed by atoms with van der Waals surface area (Å²) in [6, 6.07) is 21.7. The summed E-state index contributed by atoms with van der Waals surface area (Å²) in [5, 5.41) is 3.18. The fourth-order valence-electron chi connectivity index (χ4n) is 5.47. The van der Waals surface area contributed by atoms with Crippen molar-refractivity contribution >= 4 is 27.5 Å². The third-order valence-corrected chi connectivity index (χ3v) is 9.53. The lowest BCUT2D eigenvalue weighted by molar-refractivity contribution is -0.140. The lowest BCUT2D eigenvalue weighted by atomic mass is 9.95. The van der Waals surface area contributed by atoms with Gasteiger partial charge in [-0.25, -0.2) is 8.42 Å². The first-order valence-electron chi connectivity index (χ1n) is 14.6. The van der Waals surface area contributed by atoms with Gasteiger partial charge in [0, 0.05) is 12.6 Å². The second kappa shape index (κ2) is 14.4. The van der Waals surface area contributed by atoms with Crippen LogP contribution >= 0.6 is 0 Å². The lowest BCUT2D eigenvalue weighted by Gasteiger charge is -2.34. The molecule has 0 bridgehead atoms. The van der Waals surface area contributed by atoms with E-state index >= 15 is 0 Å². The van der Waals surface area contributed by atoms with Crippen LogP contribution in [-0.2, 0) is 26.2 Å². The highest BCUT2D eigenvalue weighted by molar-refractivity contribution is 7.92. The number of sulfonamides is 1. The molecule has 0 aliphatic heterocycles. The topological polar surface area (TPSA) is 96.0 Å². The normalized spacial score (nSPS) is 14.5. The summed E-state index contributed by atoms with van der Waals surface area (Å²) in [5.41, 5.74) is 2.23. The van der Waals surface area contributed by atoms with Gasteiger partial charge in [0.1, 0.15) is 18.3 Å². The molecule has 0 heterocycles. The molecule has 3 aromatic rings. The molecule has 3 aromatic carbocycles. The number of benzene rings is 3. The standard InChI is InChI=1S/C33H41N3O5S/c1-4-31(33(38)34-27-14-7-5-8-15-27)35(23-26-13-11-12-25(2)22-26)32(37)24-36(28-18-20-29(41-3)21-19-28)42(39,40)30-16-9-6-10-17-30/h6,9-13,16-22,27,31H,4-5,7-8,14-15,23-24H2,1-3H3,(H,34,38)/t31-/m0/s1. The smallest absolute Gasteiger partial charge is 0.264 e. The number of carbonyl (C=O) groups is 2.